The molecule has 0 saturated heterocycles. The zero-order valence-corrected chi connectivity index (χ0v) is 21.4. The molecule has 216 valence electrons. The second-order valence-corrected chi connectivity index (χ2v) is 8.96. The van der Waals surface area contributed by atoms with Gasteiger partial charge in [-0.05, 0) is 24.8 Å². The Balaban J connectivity index is 2.18. The Labute approximate surface area is 228 Å². The number of H-pyrrole nitrogens is 1. The van der Waals surface area contributed by atoms with Crippen molar-refractivity contribution in [3.05, 3.63) is 54.1 Å². The molecule has 0 fully saturated rings. The number of carboxylic acids is 3. The van der Waals surface area contributed by atoms with Gasteiger partial charge in [-0.2, -0.15) is 0 Å². The molecule has 0 aliphatic carbocycles. The Morgan fingerprint density at radius 3 is 1.88 bits per heavy atom. The summed E-state index contributed by atoms with van der Waals surface area (Å²) in [6.45, 7) is 0. The summed E-state index contributed by atoms with van der Waals surface area (Å²) in [7, 11) is 0. The van der Waals surface area contributed by atoms with Crippen LogP contribution in [0.15, 0.2) is 42.9 Å². The molecule has 2 rings (SSSR count). The number of nitrogens with zero attached hydrogens (tertiary/aromatic N) is 1. The third kappa shape index (κ3) is 10.9. The fourth-order valence-corrected chi connectivity index (χ4v) is 3.67. The van der Waals surface area contributed by atoms with Crippen LogP contribution in [0.2, 0.25) is 0 Å². The molecule has 0 aliphatic rings. The van der Waals surface area contributed by atoms with Gasteiger partial charge in [0.2, 0.25) is 17.7 Å². The second-order valence-electron chi connectivity index (χ2n) is 8.96. The van der Waals surface area contributed by atoms with E-state index in [0.29, 0.717) is 5.69 Å². The second kappa shape index (κ2) is 15.6. The molecule has 4 unspecified atom stereocenters. The van der Waals surface area contributed by atoms with Crippen molar-refractivity contribution in [2.75, 3.05) is 0 Å². The van der Waals surface area contributed by atoms with Crippen LogP contribution in [0.1, 0.15) is 36.9 Å². The van der Waals surface area contributed by atoms with Gasteiger partial charge in [-0.15, -0.1) is 0 Å². The van der Waals surface area contributed by atoms with E-state index in [-0.39, 0.29) is 19.3 Å². The van der Waals surface area contributed by atoms with Crippen molar-refractivity contribution in [3.63, 3.8) is 0 Å². The van der Waals surface area contributed by atoms with E-state index in [1.165, 1.54) is 12.5 Å². The summed E-state index contributed by atoms with van der Waals surface area (Å²) in [5, 5.41) is 34.5. The number of aromatic nitrogens is 2. The van der Waals surface area contributed by atoms with Crippen LogP contribution in [-0.2, 0) is 41.6 Å². The molecule has 2 aromatic rings. The average Bonchev–Trinajstić information content (AvgIpc) is 3.41. The largest absolute Gasteiger partial charge is 0.481 e. The van der Waals surface area contributed by atoms with Gasteiger partial charge in [0.1, 0.15) is 18.1 Å². The molecule has 0 radical (unpaired) electrons. The Bertz CT molecular complexity index is 1170. The number of carboxylic acid groups (broad SMARTS) is 3. The number of imidazole rings is 1. The minimum Gasteiger partial charge on any atom is -0.481 e. The van der Waals surface area contributed by atoms with Crippen molar-refractivity contribution in [1.82, 2.24) is 25.9 Å². The molecule has 0 saturated carbocycles. The van der Waals surface area contributed by atoms with E-state index in [1.54, 1.807) is 30.3 Å². The van der Waals surface area contributed by atoms with Crippen molar-refractivity contribution < 1.29 is 44.1 Å². The predicted octanol–water partition coefficient (Wildman–Crippen LogP) is -1.21. The van der Waals surface area contributed by atoms with Gasteiger partial charge in [0.25, 0.3) is 0 Å². The highest BCUT2D eigenvalue weighted by atomic mass is 16.4. The van der Waals surface area contributed by atoms with Crippen molar-refractivity contribution in [2.45, 2.75) is 62.7 Å². The first-order valence-electron chi connectivity index (χ1n) is 12.3. The quantitative estimate of drug-likeness (QED) is 0.114. The van der Waals surface area contributed by atoms with Crippen LogP contribution in [0.5, 0.6) is 0 Å². The normalized spacial score (nSPS) is 13.7. The summed E-state index contributed by atoms with van der Waals surface area (Å²) >= 11 is 0. The molecule has 9 N–H and O–H groups in total. The number of hydrogen-bond acceptors (Lipinski definition) is 8. The highest BCUT2D eigenvalue weighted by molar-refractivity contribution is 5.94. The van der Waals surface area contributed by atoms with Gasteiger partial charge in [-0.3, -0.25) is 24.0 Å². The third-order valence-corrected chi connectivity index (χ3v) is 5.79. The highest BCUT2D eigenvalue weighted by Gasteiger charge is 2.31. The summed E-state index contributed by atoms with van der Waals surface area (Å²) in [5.74, 6) is -6.52. The highest BCUT2D eigenvalue weighted by Crippen LogP contribution is 2.07. The molecule has 15 nitrogen and oxygen atoms in total. The van der Waals surface area contributed by atoms with Crippen molar-refractivity contribution in [1.29, 1.82) is 0 Å². The van der Waals surface area contributed by atoms with E-state index in [0.717, 1.165) is 5.56 Å². The maximum atomic E-state index is 13.2. The number of nitrogens with one attached hydrogen (secondary N) is 4. The lowest BCUT2D eigenvalue weighted by atomic mass is 10.0. The molecule has 1 aromatic heterocycles. The molecule has 1 aromatic carbocycles. The van der Waals surface area contributed by atoms with Crippen LogP contribution < -0.4 is 21.7 Å². The molecule has 4 atom stereocenters. The number of carbonyl (C=O) groups excluding carboxylic acids is 3. The van der Waals surface area contributed by atoms with Gasteiger partial charge in [0.15, 0.2) is 0 Å². The zero-order chi connectivity index (χ0) is 29.7. The zero-order valence-electron chi connectivity index (χ0n) is 21.4. The number of amides is 3. The first-order valence-corrected chi connectivity index (χ1v) is 12.3. The number of benzene rings is 1. The summed E-state index contributed by atoms with van der Waals surface area (Å²) in [5.41, 5.74) is 7.16. The van der Waals surface area contributed by atoms with Crippen molar-refractivity contribution >= 4 is 35.6 Å². The third-order valence-electron chi connectivity index (χ3n) is 5.79. The van der Waals surface area contributed by atoms with Crippen LogP contribution in [-0.4, -0.2) is 85.1 Å². The number of carbonyl (C=O) groups is 6. The van der Waals surface area contributed by atoms with Gasteiger partial charge in [0, 0.05) is 31.2 Å². The van der Waals surface area contributed by atoms with Crippen LogP contribution in [0.25, 0.3) is 0 Å². The standard InChI is InChI=1S/C25H32N6O9/c26-16(10-14-4-2-1-3-5-14)22(36)29-17(6-8-20(32)33)23(37)31-19(11-15-12-27-13-28-15)24(38)30-18(25(39)40)7-9-21(34)35/h1-5,12-13,16-19H,6-11,26H2,(H,27,28)(H,29,36)(H,30,38)(H,31,37)(H,32,33)(H,34,35)(H,39,40). The number of aliphatic carboxylic acids is 3. The number of nitrogens with two attached hydrogens (primary N) is 1. The van der Waals surface area contributed by atoms with Crippen LogP contribution in [0.4, 0.5) is 0 Å². The predicted molar refractivity (Wildman–Crippen MR) is 138 cm³/mol. The average molecular weight is 561 g/mol. The molecular formula is C25H32N6O9. The molecule has 3 amide bonds. The summed E-state index contributed by atoms with van der Waals surface area (Å²) < 4.78 is 0. The summed E-state index contributed by atoms with van der Waals surface area (Å²) in [6, 6.07) is 3.48. The van der Waals surface area contributed by atoms with E-state index in [4.69, 9.17) is 15.9 Å². The van der Waals surface area contributed by atoms with Gasteiger partial charge in [0.05, 0.1) is 12.4 Å². The molecule has 0 aliphatic heterocycles. The molecule has 0 spiro atoms. The van der Waals surface area contributed by atoms with Crippen LogP contribution in [0.3, 0.4) is 0 Å². The Hall–Kier alpha value is -4.79. The van der Waals surface area contributed by atoms with Crippen LogP contribution in [0, 0.1) is 0 Å². The SMILES string of the molecule is NC(Cc1ccccc1)C(=O)NC(CCC(=O)O)C(=O)NC(Cc1cnc[nH]1)C(=O)NC(CCC(=O)O)C(=O)O. The summed E-state index contributed by atoms with van der Waals surface area (Å²) in [6.07, 6.45) is 0.938. The fourth-order valence-electron chi connectivity index (χ4n) is 3.67. The van der Waals surface area contributed by atoms with E-state index in [1.807, 2.05) is 0 Å². The Morgan fingerprint density at radius 2 is 1.32 bits per heavy atom. The van der Waals surface area contributed by atoms with Gasteiger partial charge in [-0.25, -0.2) is 9.78 Å². The minimum absolute atomic E-state index is 0.151. The monoisotopic (exact) mass is 560 g/mol. The lowest BCUT2D eigenvalue weighted by Crippen LogP contribution is -2.57. The lowest BCUT2D eigenvalue weighted by molar-refractivity contribution is -0.143. The van der Waals surface area contributed by atoms with E-state index in [9.17, 15) is 33.9 Å². The maximum Gasteiger partial charge on any atom is 0.326 e. The first kappa shape index (κ1) is 31.4. The molecule has 40 heavy (non-hydrogen) atoms. The minimum atomic E-state index is -1.55. The van der Waals surface area contributed by atoms with Crippen molar-refractivity contribution in [3.8, 4) is 0 Å². The molecule has 1 heterocycles. The lowest BCUT2D eigenvalue weighted by Gasteiger charge is -2.25. The van der Waals surface area contributed by atoms with Crippen LogP contribution >= 0.6 is 0 Å². The molecule has 0 bridgehead atoms. The van der Waals surface area contributed by atoms with Crippen molar-refractivity contribution in [2.24, 2.45) is 5.73 Å². The number of aromatic amines is 1. The Kier molecular flexibility index (Phi) is 12.2. The summed E-state index contributed by atoms with van der Waals surface area (Å²) in [4.78, 5) is 79.2. The first-order chi connectivity index (χ1) is 19.0. The molecule has 15 heteroatoms. The van der Waals surface area contributed by atoms with Gasteiger partial charge in [-0.1, -0.05) is 30.3 Å². The topological polar surface area (TPSA) is 254 Å². The number of hydrogen-bond donors (Lipinski definition) is 8. The van der Waals surface area contributed by atoms with E-state index in [2.05, 4.69) is 25.9 Å². The molecular weight excluding hydrogens is 528 g/mol. The van der Waals surface area contributed by atoms with E-state index < -0.39 is 79.1 Å². The smallest absolute Gasteiger partial charge is 0.326 e. The van der Waals surface area contributed by atoms with E-state index >= 15 is 0 Å². The van der Waals surface area contributed by atoms with Gasteiger partial charge < -0.3 is 42.0 Å². The maximum absolute atomic E-state index is 13.2. The fraction of sp³-hybridized carbons (Fsp3) is 0.400. The Morgan fingerprint density at radius 1 is 0.775 bits per heavy atom. The van der Waals surface area contributed by atoms with Gasteiger partial charge >= 0.3 is 17.9 Å². The number of rotatable bonds is 17.